The van der Waals surface area contributed by atoms with Gasteiger partial charge >= 0.3 is 5.97 Å². The number of esters is 1. The number of amidine groups is 1. The summed E-state index contributed by atoms with van der Waals surface area (Å²) in [5.41, 5.74) is 1.94. The molecule has 1 aliphatic heterocycles. The van der Waals surface area contributed by atoms with Gasteiger partial charge in [0.05, 0.1) is 37.3 Å². The standard InChI is InChI=1S/C25H29N3O6S/c1-5-34-24(31)17-7-9-18(10-8-17)27-25-28(22(29)15-21(35-25)23(30)26-2)13-12-16-6-11-19(32-3)20(14-16)33-4/h6-11,14,21H,5,12-13,15H2,1-4H3,(H,26,30). The number of aliphatic imine (C=N–C) groups is 1. The SMILES string of the molecule is CCOC(=O)c1ccc(N=C2SC(C(=O)NC)CC(=O)N2CCc2ccc(OC)c(OC)c2)cc1. The van der Waals surface area contributed by atoms with Gasteiger partial charge in [-0.2, -0.15) is 0 Å². The maximum absolute atomic E-state index is 13.0. The molecular weight excluding hydrogens is 470 g/mol. The molecule has 0 aliphatic carbocycles. The smallest absolute Gasteiger partial charge is 0.338 e. The molecule has 1 heterocycles. The fraction of sp³-hybridized carbons (Fsp3) is 0.360. The fourth-order valence-electron chi connectivity index (χ4n) is 3.50. The molecule has 0 aromatic heterocycles. The van der Waals surface area contributed by atoms with Crippen LogP contribution in [0, 0.1) is 0 Å². The number of carbonyl (C=O) groups is 3. The van der Waals surface area contributed by atoms with Gasteiger partial charge in [-0.25, -0.2) is 9.79 Å². The second-order valence-electron chi connectivity index (χ2n) is 7.57. The molecule has 1 saturated heterocycles. The van der Waals surface area contributed by atoms with E-state index < -0.39 is 11.2 Å². The molecule has 0 bridgehead atoms. The number of thioether (sulfide) groups is 1. The molecule has 1 fully saturated rings. The molecule has 2 amide bonds. The summed E-state index contributed by atoms with van der Waals surface area (Å²) in [6.45, 7) is 2.41. The first-order chi connectivity index (χ1) is 16.9. The third-order valence-corrected chi connectivity index (χ3v) is 6.54. The van der Waals surface area contributed by atoms with Crippen molar-refractivity contribution in [1.29, 1.82) is 0 Å². The van der Waals surface area contributed by atoms with Crippen LogP contribution in [0.4, 0.5) is 5.69 Å². The van der Waals surface area contributed by atoms with Crippen molar-refractivity contribution < 1.29 is 28.6 Å². The number of nitrogens with zero attached hydrogens (tertiary/aromatic N) is 2. The van der Waals surface area contributed by atoms with Crippen LogP contribution >= 0.6 is 11.8 Å². The summed E-state index contributed by atoms with van der Waals surface area (Å²) in [4.78, 5) is 43.5. The molecule has 1 aliphatic rings. The van der Waals surface area contributed by atoms with Crippen LogP contribution in [0.5, 0.6) is 11.5 Å². The lowest BCUT2D eigenvalue weighted by molar-refractivity contribution is -0.130. The summed E-state index contributed by atoms with van der Waals surface area (Å²) in [5, 5.41) is 2.47. The van der Waals surface area contributed by atoms with Crippen molar-refractivity contribution in [3.8, 4) is 11.5 Å². The summed E-state index contributed by atoms with van der Waals surface area (Å²) in [5.74, 6) is 0.417. The summed E-state index contributed by atoms with van der Waals surface area (Å²) >= 11 is 1.25. The highest BCUT2D eigenvalue weighted by molar-refractivity contribution is 8.15. The number of nitrogens with one attached hydrogen (secondary N) is 1. The first-order valence-electron chi connectivity index (χ1n) is 11.2. The number of rotatable bonds is 9. The molecule has 186 valence electrons. The molecule has 1 atom stereocenters. The molecule has 1 N–H and O–H groups in total. The van der Waals surface area contributed by atoms with Crippen molar-refractivity contribution in [2.75, 3.05) is 34.4 Å². The van der Waals surface area contributed by atoms with Gasteiger partial charge in [0.1, 0.15) is 0 Å². The Labute approximate surface area is 208 Å². The zero-order valence-electron chi connectivity index (χ0n) is 20.2. The van der Waals surface area contributed by atoms with E-state index in [1.54, 1.807) is 57.4 Å². The van der Waals surface area contributed by atoms with E-state index in [0.29, 0.717) is 40.9 Å². The van der Waals surface area contributed by atoms with Crippen LogP contribution in [-0.2, 0) is 20.7 Å². The molecule has 1 unspecified atom stereocenters. The molecule has 35 heavy (non-hydrogen) atoms. The normalized spacial score (nSPS) is 16.7. The topological polar surface area (TPSA) is 107 Å². The number of carbonyl (C=O) groups excluding carboxylic acids is 3. The van der Waals surface area contributed by atoms with Gasteiger partial charge in [0.15, 0.2) is 16.7 Å². The number of benzene rings is 2. The Hall–Kier alpha value is -3.53. The van der Waals surface area contributed by atoms with Crippen LogP contribution in [0.25, 0.3) is 0 Å². The Balaban J connectivity index is 1.84. The van der Waals surface area contributed by atoms with Crippen LogP contribution in [-0.4, -0.2) is 67.5 Å². The number of amides is 2. The Bertz CT molecular complexity index is 1100. The van der Waals surface area contributed by atoms with E-state index in [0.717, 1.165) is 5.56 Å². The van der Waals surface area contributed by atoms with Crippen LogP contribution in [0.15, 0.2) is 47.5 Å². The molecule has 0 radical (unpaired) electrons. The van der Waals surface area contributed by atoms with Gasteiger partial charge in [-0.15, -0.1) is 0 Å². The highest BCUT2D eigenvalue weighted by Gasteiger charge is 2.35. The first kappa shape index (κ1) is 26.1. The Morgan fingerprint density at radius 3 is 2.46 bits per heavy atom. The van der Waals surface area contributed by atoms with Crippen LogP contribution in [0.3, 0.4) is 0 Å². The van der Waals surface area contributed by atoms with E-state index in [-0.39, 0.29) is 24.8 Å². The quantitative estimate of drug-likeness (QED) is 0.528. The largest absolute Gasteiger partial charge is 0.493 e. The van der Waals surface area contributed by atoms with Crippen LogP contribution < -0.4 is 14.8 Å². The Morgan fingerprint density at radius 1 is 1.11 bits per heavy atom. The first-order valence-corrected chi connectivity index (χ1v) is 12.0. The number of hydrogen-bond donors (Lipinski definition) is 1. The molecule has 2 aromatic carbocycles. The highest BCUT2D eigenvalue weighted by atomic mass is 32.2. The highest BCUT2D eigenvalue weighted by Crippen LogP contribution is 2.31. The van der Waals surface area contributed by atoms with E-state index in [4.69, 9.17) is 14.2 Å². The van der Waals surface area contributed by atoms with Gasteiger partial charge in [-0.3, -0.25) is 14.5 Å². The second kappa shape index (κ2) is 12.3. The average molecular weight is 500 g/mol. The molecule has 0 spiro atoms. The maximum Gasteiger partial charge on any atom is 0.338 e. The van der Waals surface area contributed by atoms with E-state index in [2.05, 4.69) is 10.3 Å². The predicted molar refractivity (Wildman–Crippen MR) is 135 cm³/mol. The number of methoxy groups -OCH3 is 2. The fourth-order valence-corrected chi connectivity index (χ4v) is 4.68. The Kier molecular flexibility index (Phi) is 9.13. The summed E-state index contributed by atoms with van der Waals surface area (Å²) in [6.07, 6.45) is 0.634. The molecule has 9 nitrogen and oxygen atoms in total. The maximum atomic E-state index is 13.0. The lowest BCUT2D eigenvalue weighted by Gasteiger charge is -2.31. The van der Waals surface area contributed by atoms with E-state index in [1.165, 1.54) is 11.8 Å². The molecule has 3 rings (SSSR count). The van der Waals surface area contributed by atoms with E-state index in [1.807, 2.05) is 18.2 Å². The molecule has 10 heteroatoms. The number of ether oxygens (including phenoxy) is 3. The van der Waals surface area contributed by atoms with Crippen molar-refractivity contribution in [3.05, 3.63) is 53.6 Å². The van der Waals surface area contributed by atoms with Crippen LogP contribution in [0.1, 0.15) is 29.3 Å². The van der Waals surface area contributed by atoms with Gasteiger partial charge in [0.2, 0.25) is 11.8 Å². The van der Waals surface area contributed by atoms with Crippen LogP contribution in [0.2, 0.25) is 0 Å². The zero-order chi connectivity index (χ0) is 25.4. The summed E-state index contributed by atoms with van der Waals surface area (Å²) in [6, 6.07) is 12.2. The van der Waals surface area contributed by atoms with Crippen molar-refractivity contribution in [1.82, 2.24) is 10.2 Å². The third-order valence-electron chi connectivity index (χ3n) is 5.35. The van der Waals surface area contributed by atoms with Gasteiger partial charge in [0.25, 0.3) is 0 Å². The van der Waals surface area contributed by atoms with Crippen molar-refractivity contribution in [2.24, 2.45) is 4.99 Å². The van der Waals surface area contributed by atoms with E-state index >= 15 is 0 Å². The lowest BCUT2D eigenvalue weighted by atomic mass is 10.1. The van der Waals surface area contributed by atoms with Gasteiger partial charge < -0.3 is 19.5 Å². The zero-order valence-corrected chi connectivity index (χ0v) is 21.0. The van der Waals surface area contributed by atoms with Crippen molar-refractivity contribution in [3.63, 3.8) is 0 Å². The molecule has 0 saturated carbocycles. The minimum atomic E-state index is -0.567. The Morgan fingerprint density at radius 2 is 1.83 bits per heavy atom. The second-order valence-corrected chi connectivity index (χ2v) is 8.74. The van der Waals surface area contributed by atoms with Gasteiger partial charge in [0, 0.05) is 20.0 Å². The molecule has 2 aromatic rings. The summed E-state index contributed by atoms with van der Waals surface area (Å²) in [7, 11) is 4.69. The lowest BCUT2D eigenvalue weighted by Crippen LogP contribution is -2.46. The predicted octanol–water partition coefficient (Wildman–Crippen LogP) is 3.19. The van der Waals surface area contributed by atoms with Gasteiger partial charge in [-0.1, -0.05) is 17.8 Å². The monoisotopic (exact) mass is 499 g/mol. The molecular formula is C25H29N3O6S. The average Bonchev–Trinajstić information content (AvgIpc) is 2.87. The minimum Gasteiger partial charge on any atom is -0.493 e. The number of hydrogen-bond acceptors (Lipinski definition) is 8. The van der Waals surface area contributed by atoms with Crippen molar-refractivity contribution in [2.45, 2.75) is 25.0 Å². The van der Waals surface area contributed by atoms with Gasteiger partial charge in [-0.05, 0) is 55.3 Å². The van der Waals surface area contributed by atoms with Crippen molar-refractivity contribution >= 4 is 40.4 Å². The van der Waals surface area contributed by atoms with E-state index in [9.17, 15) is 14.4 Å². The minimum absolute atomic E-state index is 0.0804. The third kappa shape index (κ3) is 6.54. The summed E-state index contributed by atoms with van der Waals surface area (Å²) < 4.78 is 15.7.